The topological polar surface area (TPSA) is 61.6 Å². The quantitative estimate of drug-likeness (QED) is 0.909. The number of carbonyl (C=O) groups excluding carboxylic acids is 1. The van der Waals surface area contributed by atoms with Crippen molar-refractivity contribution < 1.29 is 9.32 Å². The molecular formula is C18H23ClN4O2. The number of nitrogens with zero attached hydrogens (tertiary/aromatic N) is 3. The van der Waals surface area contributed by atoms with Crippen molar-refractivity contribution in [2.45, 2.75) is 26.8 Å². The van der Waals surface area contributed by atoms with Gasteiger partial charge in [0.25, 0.3) is 0 Å². The highest BCUT2D eigenvalue weighted by Gasteiger charge is 2.20. The van der Waals surface area contributed by atoms with Gasteiger partial charge in [0, 0.05) is 42.5 Å². The fourth-order valence-corrected chi connectivity index (χ4v) is 3.22. The lowest BCUT2D eigenvalue weighted by Gasteiger charge is -2.25. The number of hydrogen-bond acceptors (Lipinski definition) is 4. The lowest BCUT2D eigenvalue weighted by molar-refractivity contribution is 0.200. The van der Waals surface area contributed by atoms with Crippen LogP contribution in [-0.2, 0) is 6.54 Å². The molecule has 1 aliphatic heterocycles. The first-order valence-corrected chi connectivity index (χ1v) is 8.86. The van der Waals surface area contributed by atoms with Crippen LogP contribution in [0, 0.1) is 13.8 Å². The number of anilines is 1. The molecule has 1 fully saturated rings. The summed E-state index contributed by atoms with van der Waals surface area (Å²) in [6, 6.07) is 5.90. The third-order valence-electron chi connectivity index (χ3n) is 4.62. The summed E-state index contributed by atoms with van der Waals surface area (Å²) in [5.41, 5.74) is 3.94. The molecule has 6 nitrogen and oxygen atoms in total. The van der Waals surface area contributed by atoms with E-state index in [4.69, 9.17) is 16.1 Å². The van der Waals surface area contributed by atoms with Gasteiger partial charge in [-0.15, -0.1) is 0 Å². The number of carbonyl (C=O) groups is 1. The van der Waals surface area contributed by atoms with E-state index in [2.05, 4.69) is 21.4 Å². The van der Waals surface area contributed by atoms with E-state index in [1.165, 1.54) is 0 Å². The summed E-state index contributed by atoms with van der Waals surface area (Å²) in [7, 11) is 0. The summed E-state index contributed by atoms with van der Waals surface area (Å²) in [4.78, 5) is 16.6. The van der Waals surface area contributed by atoms with Crippen LogP contribution >= 0.6 is 11.6 Å². The van der Waals surface area contributed by atoms with Gasteiger partial charge in [0.2, 0.25) is 0 Å². The lowest BCUT2D eigenvalue weighted by Crippen LogP contribution is -2.42. The highest BCUT2D eigenvalue weighted by Crippen LogP contribution is 2.27. The Bertz CT molecular complexity index is 746. The number of halogens is 1. The Hall–Kier alpha value is -2.21. The predicted octanol–water partition coefficient (Wildman–Crippen LogP) is 3.37. The Morgan fingerprint density at radius 2 is 2.12 bits per heavy atom. The average Bonchev–Trinajstić information content (AvgIpc) is 2.86. The second-order valence-electron chi connectivity index (χ2n) is 6.31. The van der Waals surface area contributed by atoms with Crippen LogP contribution in [-0.4, -0.2) is 42.3 Å². The molecule has 7 heteroatoms. The molecule has 3 rings (SSSR count). The van der Waals surface area contributed by atoms with Gasteiger partial charge in [-0.2, -0.15) is 0 Å². The largest absolute Gasteiger partial charge is 0.369 e. The van der Waals surface area contributed by atoms with E-state index in [0.717, 1.165) is 53.6 Å². The van der Waals surface area contributed by atoms with Gasteiger partial charge >= 0.3 is 6.03 Å². The normalized spacial score (nSPS) is 15.2. The summed E-state index contributed by atoms with van der Waals surface area (Å²) < 4.78 is 4.89. The average molecular weight is 363 g/mol. The minimum Gasteiger partial charge on any atom is -0.369 e. The second-order valence-corrected chi connectivity index (χ2v) is 6.72. The van der Waals surface area contributed by atoms with Gasteiger partial charge in [-0.3, -0.25) is 0 Å². The van der Waals surface area contributed by atoms with Crippen molar-refractivity contribution in [2.24, 2.45) is 0 Å². The Balaban J connectivity index is 1.58. The fourth-order valence-electron chi connectivity index (χ4n) is 3.05. The van der Waals surface area contributed by atoms with Gasteiger partial charge in [0.1, 0.15) is 12.0 Å². The van der Waals surface area contributed by atoms with Crippen molar-refractivity contribution in [1.82, 2.24) is 15.4 Å². The van der Waals surface area contributed by atoms with Crippen molar-refractivity contribution in [3.05, 3.63) is 46.3 Å². The van der Waals surface area contributed by atoms with Crippen LogP contribution in [0.2, 0.25) is 5.02 Å². The molecule has 1 N–H and O–H groups in total. The van der Waals surface area contributed by atoms with Crippen molar-refractivity contribution in [2.75, 3.05) is 31.1 Å². The maximum Gasteiger partial charge on any atom is 0.317 e. The highest BCUT2D eigenvalue weighted by molar-refractivity contribution is 6.31. The van der Waals surface area contributed by atoms with Gasteiger partial charge in [-0.05, 0) is 38.0 Å². The number of aryl methyl sites for hydroxylation is 1. The maximum absolute atomic E-state index is 12.4. The standard InChI is InChI=1S/C18H23ClN4O2/c1-13-12-25-21-16(13)11-20-18(24)23-8-4-7-22(9-10-23)17-6-3-5-15(19)14(17)2/h3,5-6,12H,4,7-11H2,1-2H3,(H,20,24). The molecule has 0 bridgehead atoms. The van der Waals surface area contributed by atoms with Crippen molar-refractivity contribution in [3.8, 4) is 0 Å². The zero-order chi connectivity index (χ0) is 17.8. The van der Waals surface area contributed by atoms with Crippen LogP contribution in [0.15, 0.2) is 29.0 Å². The Labute approximate surface area is 152 Å². The van der Waals surface area contributed by atoms with Gasteiger partial charge in [0.05, 0.1) is 6.54 Å². The van der Waals surface area contributed by atoms with Crippen LogP contribution < -0.4 is 10.2 Å². The summed E-state index contributed by atoms with van der Waals surface area (Å²) in [5, 5.41) is 7.59. The number of hydrogen-bond donors (Lipinski definition) is 1. The second kappa shape index (κ2) is 7.78. The predicted molar refractivity (Wildman–Crippen MR) is 98.1 cm³/mol. The number of rotatable bonds is 3. The summed E-state index contributed by atoms with van der Waals surface area (Å²) >= 11 is 6.24. The van der Waals surface area contributed by atoms with E-state index in [1.807, 2.05) is 30.9 Å². The molecule has 0 radical (unpaired) electrons. The van der Waals surface area contributed by atoms with Gasteiger partial charge in [-0.1, -0.05) is 22.8 Å². The van der Waals surface area contributed by atoms with Crippen LogP contribution in [0.4, 0.5) is 10.5 Å². The molecular weight excluding hydrogens is 340 g/mol. The molecule has 1 aromatic heterocycles. The first-order chi connectivity index (χ1) is 12.1. The first kappa shape index (κ1) is 17.6. The molecule has 2 amide bonds. The highest BCUT2D eigenvalue weighted by atomic mass is 35.5. The number of urea groups is 1. The van der Waals surface area contributed by atoms with Crippen LogP contribution in [0.25, 0.3) is 0 Å². The van der Waals surface area contributed by atoms with Crippen LogP contribution in [0.5, 0.6) is 0 Å². The molecule has 0 unspecified atom stereocenters. The van der Waals surface area contributed by atoms with Crippen molar-refractivity contribution >= 4 is 23.3 Å². The molecule has 1 aromatic carbocycles. The number of nitrogens with one attached hydrogen (secondary N) is 1. The summed E-state index contributed by atoms with van der Waals surface area (Å²) in [5.74, 6) is 0. The van der Waals surface area contributed by atoms with Gasteiger partial charge in [0.15, 0.2) is 0 Å². The monoisotopic (exact) mass is 362 g/mol. The molecule has 1 aliphatic rings. The molecule has 1 saturated heterocycles. The smallest absolute Gasteiger partial charge is 0.317 e. The molecule has 2 aromatic rings. The molecule has 2 heterocycles. The van der Waals surface area contributed by atoms with E-state index in [9.17, 15) is 4.79 Å². The minimum absolute atomic E-state index is 0.0629. The lowest BCUT2D eigenvalue weighted by atomic mass is 10.1. The van der Waals surface area contributed by atoms with E-state index < -0.39 is 0 Å². The SMILES string of the molecule is Cc1conc1CNC(=O)N1CCCN(c2cccc(Cl)c2C)CC1. The molecule has 0 aliphatic carbocycles. The first-order valence-electron chi connectivity index (χ1n) is 8.49. The Morgan fingerprint density at radius 3 is 2.88 bits per heavy atom. The van der Waals surface area contributed by atoms with E-state index in [1.54, 1.807) is 6.26 Å². The van der Waals surface area contributed by atoms with E-state index in [0.29, 0.717) is 13.1 Å². The zero-order valence-corrected chi connectivity index (χ0v) is 15.3. The molecule has 25 heavy (non-hydrogen) atoms. The molecule has 0 saturated carbocycles. The molecule has 134 valence electrons. The Kier molecular flexibility index (Phi) is 5.48. The summed E-state index contributed by atoms with van der Waals surface area (Å²) in [6.45, 7) is 7.44. The van der Waals surface area contributed by atoms with Gasteiger partial charge < -0.3 is 19.6 Å². The minimum atomic E-state index is -0.0629. The van der Waals surface area contributed by atoms with Crippen LogP contribution in [0.3, 0.4) is 0 Å². The number of amides is 2. The summed E-state index contributed by atoms with van der Waals surface area (Å²) in [6.07, 6.45) is 2.50. The third-order valence-corrected chi connectivity index (χ3v) is 5.03. The van der Waals surface area contributed by atoms with E-state index >= 15 is 0 Å². The maximum atomic E-state index is 12.4. The fraction of sp³-hybridized carbons (Fsp3) is 0.444. The molecule has 0 spiro atoms. The third kappa shape index (κ3) is 4.07. The Morgan fingerprint density at radius 1 is 1.28 bits per heavy atom. The number of benzene rings is 1. The number of aromatic nitrogens is 1. The van der Waals surface area contributed by atoms with Crippen molar-refractivity contribution in [1.29, 1.82) is 0 Å². The zero-order valence-electron chi connectivity index (χ0n) is 14.6. The molecule has 0 atom stereocenters. The van der Waals surface area contributed by atoms with Gasteiger partial charge in [-0.25, -0.2) is 4.79 Å². The van der Waals surface area contributed by atoms with E-state index in [-0.39, 0.29) is 6.03 Å². The van der Waals surface area contributed by atoms with Crippen LogP contribution in [0.1, 0.15) is 23.2 Å². The van der Waals surface area contributed by atoms with Crippen molar-refractivity contribution in [3.63, 3.8) is 0 Å².